The minimum absolute atomic E-state index is 0.102. The second-order valence-corrected chi connectivity index (χ2v) is 5.47. The van der Waals surface area contributed by atoms with Gasteiger partial charge in [0.05, 0.1) is 6.04 Å². The zero-order valence-corrected chi connectivity index (χ0v) is 10.6. The van der Waals surface area contributed by atoms with E-state index in [1.165, 1.54) is 0 Å². The highest BCUT2D eigenvalue weighted by Crippen LogP contribution is 2.15. The summed E-state index contributed by atoms with van der Waals surface area (Å²) in [5.74, 6) is 0.317. The zero-order chi connectivity index (χ0) is 12.3. The van der Waals surface area contributed by atoms with Crippen molar-refractivity contribution in [3.63, 3.8) is 0 Å². The molecule has 1 aliphatic heterocycles. The van der Waals surface area contributed by atoms with E-state index in [2.05, 4.69) is 10.2 Å². The van der Waals surface area contributed by atoms with Gasteiger partial charge in [0.2, 0.25) is 0 Å². The number of nitrogens with two attached hydrogens (primary N) is 1. The molecule has 0 bridgehead atoms. The summed E-state index contributed by atoms with van der Waals surface area (Å²) in [6, 6.07) is 0.102. The predicted molar refractivity (Wildman–Crippen MR) is 63.2 cm³/mol. The van der Waals surface area contributed by atoms with Crippen molar-refractivity contribution in [2.24, 2.45) is 11.7 Å². The van der Waals surface area contributed by atoms with Crippen molar-refractivity contribution in [1.29, 1.82) is 0 Å². The van der Waals surface area contributed by atoms with Gasteiger partial charge in [0, 0.05) is 19.0 Å². The van der Waals surface area contributed by atoms with Crippen molar-refractivity contribution in [2.75, 3.05) is 26.7 Å². The fraction of sp³-hybridized carbons (Fsp3) is 0.909. The van der Waals surface area contributed by atoms with E-state index in [-0.39, 0.29) is 12.1 Å². The van der Waals surface area contributed by atoms with E-state index < -0.39 is 5.60 Å². The number of carbonyl (C=O) groups excluding carboxylic acids is 1. The number of alkyl carbamates (subject to hydrolysis) is 1. The first kappa shape index (κ1) is 13.3. The smallest absolute Gasteiger partial charge is 0.407 e. The van der Waals surface area contributed by atoms with Crippen LogP contribution in [0.4, 0.5) is 4.79 Å². The Balaban J connectivity index is 2.44. The van der Waals surface area contributed by atoms with Crippen LogP contribution in [0.5, 0.6) is 0 Å². The van der Waals surface area contributed by atoms with Crippen LogP contribution in [-0.2, 0) is 4.74 Å². The summed E-state index contributed by atoms with van der Waals surface area (Å²) in [6.45, 7) is 7.91. The highest BCUT2D eigenvalue weighted by Gasteiger charge is 2.31. The van der Waals surface area contributed by atoms with Gasteiger partial charge >= 0.3 is 6.09 Å². The van der Waals surface area contributed by atoms with Crippen molar-refractivity contribution in [3.8, 4) is 0 Å². The Morgan fingerprint density at radius 2 is 2.12 bits per heavy atom. The lowest BCUT2D eigenvalue weighted by molar-refractivity contribution is 0.0497. The first-order chi connectivity index (χ1) is 7.31. The summed E-state index contributed by atoms with van der Waals surface area (Å²) >= 11 is 0. The summed E-state index contributed by atoms with van der Waals surface area (Å²) in [5.41, 5.74) is 5.22. The van der Waals surface area contributed by atoms with Crippen LogP contribution in [0, 0.1) is 5.92 Å². The molecule has 2 unspecified atom stereocenters. The van der Waals surface area contributed by atoms with E-state index in [9.17, 15) is 4.79 Å². The summed E-state index contributed by atoms with van der Waals surface area (Å²) in [7, 11) is 2.03. The monoisotopic (exact) mass is 229 g/mol. The molecule has 1 aliphatic rings. The van der Waals surface area contributed by atoms with Crippen molar-refractivity contribution in [1.82, 2.24) is 10.2 Å². The lowest BCUT2D eigenvalue weighted by atomic mass is 10.0. The van der Waals surface area contributed by atoms with Gasteiger partial charge in [0.1, 0.15) is 5.60 Å². The number of nitrogens with zero attached hydrogens (tertiary/aromatic N) is 1. The molecule has 5 nitrogen and oxygen atoms in total. The number of carbonyl (C=O) groups is 1. The molecule has 0 aromatic rings. The topological polar surface area (TPSA) is 67.6 Å². The van der Waals surface area contributed by atoms with Gasteiger partial charge in [-0.3, -0.25) is 0 Å². The Labute approximate surface area is 97.3 Å². The summed E-state index contributed by atoms with van der Waals surface area (Å²) < 4.78 is 5.22. The fourth-order valence-electron chi connectivity index (χ4n) is 1.95. The molecule has 0 aromatic carbocycles. The molecule has 3 N–H and O–H groups in total. The Bertz CT molecular complexity index is 250. The lowest BCUT2D eigenvalue weighted by Gasteiger charge is -2.23. The average Bonchev–Trinajstić information content (AvgIpc) is 2.42. The minimum Gasteiger partial charge on any atom is -0.444 e. The second-order valence-electron chi connectivity index (χ2n) is 5.47. The summed E-state index contributed by atoms with van der Waals surface area (Å²) in [5, 5.41) is 2.88. The van der Waals surface area contributed by atoms with Crippen molar-refractivity contribution in [3.05, 3.63) is 0 Å². The molecule has 1 rings (SSSR count). The third kappa shape index (κ3) is 3.98. The van der Waals surface area contributed by atoms with Crippen LogP contribution in [0.1, 0.15) is 20.8 Å². The van der Waals surface area contributed by atoms with E-state index in [1.54, 1.807) is 0 Å². The van der Waals surface area contributed by atoms with E-state index in [0.29, 0.717) is 12.5 Å². The SMILES string of the molecule is CN1CC(CN)C(NC(=O)OC(C)(C)C)C1. The Hall–Kier alpha value is -0.810. The van der Waals surface area contributed by atoms with E-state index in [0.717, 1.165) is 13.1 Å². The average molecular weight is 229 g/mol. The number of hydrogen-bond acceptors (Lipinski definition) is 4. The summed E-state index contributed by atoms with van der Waals surface area (Å²) in [6.07, 6.45) is -0.355. The highest BCUT2D eigenvalue weighted by atomic mass is 16.6. The quantitative estimate of drug-likeness (QED) is 0.719. The van der Waals surface area contributed by atoms with Crippen LogP contribution >= 0.6 is 0 Å². The highest BCUT2D eigenvalue weighted by molar-refractivity contribution is 5.68. The number of rotatable bonds is 2. The molecule has 16 heavy (non-hydrogen) atoms. The maximum absolute atomic E-state index is 11.6. The Morgan fingerprint density at radius 1 is 1.50 bits per heavy atom. The first-order valence-electron chi connectivity index (χ1n) is 5.70. The van der Waals surface area contributed by atoms with Gasteiger partial charge in [0.15, 0.2) is 0 Å². The number of hydrogen-bond donors (Lipinski definition) is 2. The van der Waals surface area contributed by atoms with E-state index >= 15 is 0 Å². The summed E-state index contributed by atoms with van der Waals surface area (Å²) in [4.78, 5) is 13.8. The Morgan fingerprint density at radius 3 is 2.62 bits per heavy atom. The van der Waals surface area contributed by atoms with Gasteiger partial charge < -0.3 is 20.7 Å². The van der Waals surface area contributed by atoms with Crippen molar-refractivity contribution in [2.45, 2.75) is 32.4 Å². The molecule has 1 fully saturated rings. The fourth-order valence-corrected chi connectivity index (χ4v) is 1.95. The molecular formula is C11H23N3O2. The number of likely N-dealkylation sites (N-methyl/N-ethyl adjacent to an activating group) is 1. The lowest BCUT2D eigenvalue weighted by Crippen LogP contribution is -2.44. The van der Waals surface area contributed by atoms with Gasteiger partial charge in [-0.05, 0) is 34.4 Å². The van der Waals surface area contributed by atoms with Crippen molar-refractivity contribution < 1.29 is 9.53 Å². The van der Waals surface area contributed by atoms with Crippen molar-refractivity contribution >= 4 is 6.09 Å². The van der Waals surface area contributed by atoms with Gasteiger partial charge in [-0.25, -0.2) is 4.79 Å². The van der Waals surface area contributed by atoms with Crippen LogP contribution in [0.15, 0.2) is 0 Å². The minimum atomic E-state index is -0.452. The molecule has 0 radical (unpaired) electrons. The van der Waals surface area contributed by atoms with Crippen LogP contribution in [0.25, 0.3) is 0 Å². The van der Waals surface area contributed by atoms with Gasteiger partial charge in [-0.15, -0.1) is 0 Å². The maximum atomic E-state index is 11.6. The van der Waals surface area contributed by atoms with E-state index in [1.807, 2.05) is 27.8 Å². The molecule has 5 heteroatoms. The molecule has 94 valence electrons. The Kier molecular flexibility index (Phi) is 4.15. The van der Waals surface area contributed by atoms with Gasteiger partial charge in [-0.1, -0.05) is 0 Å². The molecule has 1 saturated heterocycles. The normalized spacial score (nSPS) is 26.8. The molecule has 0 saturated carbocycles. The van der Waals surface area contributed by atoms with Gasteiger partial charge in [-0.2, -0.15) is 0 Å². The second kappa shape index (κ2) is 5.01. The predicted octanol–water partition coefficient (Wildman–Crippen LogP) is 0.400. The third-order valence-corrected chi connectivity index (χ3v) is 2.63. The number of likely N-dealkylation sites (tertiary alicyclic amines) is 1. The molecule has 0 aliphatic carbocycles. The standard InChI is InChI=1S/C11H23N3O2/c1-11(2,3)16-10(15)13-9-7-14(4)6-8(9)5-12/h8-9H,5-7,12H2,1-4H3,(H,13,15). The van der Waals surface area contributed by atoms with Crippen LogP contribution in [0.2, 0.25) is 0 Å². The number of ether oxygens (including phenoxy) is 1. The largest absolute Gasteiger partial charge is 0.444 e. The van der Waals surface area contributed by atoms with Crippen LogP contribution in [0.3, 0.4) is 0 Å². The van der Waals surface area contributed by atoms with Gasteiger partial charge in [0.25, 0.3) is 0 Å². The zero-order valence-electron chi connectivity index (χ0n) is 10.6. The molecule has 0 spiro atoms. The molecule has 0 aromatic heterocycles. The van der Waals surface area contributed by atoms with Crippen LogP contribution in [-0.4, -0.2) is 49.3 Å². The molecule has 1 amide bonds. The number of nitrogens with one attached hydrogen (secondary N) is 1. The number of amides is 1. The molecule has 1 heterocycles. The third-order valence-electron chi connectivity index (χ3n) is 2.63. The first-order valence-corrected chi connectivity index (χ1v) is 5.70. The molecular weight excluding hydrogens is 206 g/mol. The maximum Gasteiger partial charge on any atom is 0.407 e. The molecule has 2 atom stereocenters. The van der Waals surface area contributed by atoms with Crippen LogP contribution < -0.4 is 11.1 Å². The van der Waals surface area contributed by atoms with E-state index in [4.69, 9.17) is 10.5 Å².